The van der Waals surface area contributed by atoms with Gasteiger partial charge in [-0.3, -0.25) is 0 Å². The Labute approximate surface area is 135 Å². The number of methoxy groups -OCH3 is 1. The van der Waals surface area contributed by atoms with E-state index in [9.17, 15) is 8.78 Å². The lowest BCUT2D eigenvalue weighted by molar-refractivity contribution is -0.0505. The van der Waals surface area contributed by atoms with Crippen molar-refractivity contribution < 1.29 is 18.3 Å². The Balaban J connectivity index is 1.99. The van der Waals surface area contributed by atoms with E-state index < -0.39 is 6.61 Å². The molecule has 0 aliphatic heterocycles. The average molecular weight is 373 g/mol. The van der Waals surface area contributed by atoms with Crippen LogP contribution in [0.25, 0.3) is 0 Å². The van der Waals surface area contributed by atoms with E-state index in [4.69, 9.17) is 4.74 Å². The second-order valence-corrected chi connectivity index (χ2v) is 5.36. The third kappa shape index (κ3) is 4.92. The largest absolute Gasteiger partial charge is 0.481 e. The first-order valence-corrected chi connectivity index (χ1v) is 7.30. The Hall–Kier alpha value is -1.73. The second kappa shape index (κ2) is 8.05. The van der Waals surface area contributed by atoms with Gasteiger partial charge in [0, 0.05) is 35.4 Å². The zero-order valence-corrected chi connectivity index (χ0v) is 13.4. The van der Waals surface area contributed by atoms with Gasteiger partial charge in [-0.25, -0.2) is 4.98 Å². The molecule has 1 heterocycles. The summed E-state index contributed by atoms with van der Waals surface area (Å²) in [5, 5.41) is 3.18. The smallest absolute Gasteiger partial charge is 0.387 e. The van der Waals surface area contributed by atoms with Crippen LogP contribution in [-0.4, -0.2) is 18.7 Å². The van der Waals surface area contributed by atoms with Gasteiger partial charge in [-0.05, 0) is 29.8 Å². The number of hydrogen-bond acceptors (Lipinski definition) is 4. The van der Waals surface area contributed by atoms with Gasteiger partial charge in [-0.1, -0.05) is 15.9 Å². The number of rotatable bonds is 7. The molecular formula is C15H15BrF2N2O2. The summed E-state index contributed by atoms with van der Waals surface area (Å²) in [4.78, 5) is 4.02. The van der Waals surface area contributed by atoms with Crippen LogP contribution in [-0.2, 0) is 13.1 Å². The molecule has 7 heteroatoms. The van der Waals surface area contributed by atoms with Crippen LogP contribution in [0.1, 0.15) is 11.1 Å². The van der Waals surface area contributed by atoms with Crippen molar-refractivity contribution in [3.8, 4) is 11.6 Å². The van der Waals surface area contributed by atoms with Gasteiger partial charge in [0.05, 0.1) is 7.11 Å². The van der Waals surface area contributed by atoms with Gasteiger partial charge in [0.2, 0.25) is 5.88 Å². The minimum Gasteiger partial charge on any atom is -0.481 e. The molecule has 0 saturated heterocycles. The lowest BCUT2D eigenvalue weighted by atomic mass is 10.2. The minimum absolute atomic E-state index is 0.165. The van der Waals surface area contributed by atoms with Crippen molar-refractivity contribution in [2.45, 2.75) is 19.7 Å². The Morgan fingerprint density at radius 1 is 1.23 bits per heavy atom. The molecule has 0 aliphatic carbocycles. The standard InChI is InChI=1S/C15H15BrF2N2O2/c1-21-14-6-10(4-5-20-14)8-19-9-11-7-12(16)2-3-13(11)22-15(17)18/h2-7,15,19H,8-9H2,1H3. The molecule has 1 aromatic carbocycles. The topological polar surface area (TPSA) is 43.4 Å². The monoisotopic (exact) mass is 372 g/mol. The van der Waals surface area contributed by atoms with Gasteiger partial charge in [0.1, 0.15) is 5.75 Å². The van der Waals surface area contributed by atoms with Crippen LogP contribution in [0, 0.1) is 0 Å². The molecule has 0 saturated carbocycles. The van der Waals surface area contributed by atoms with Crippen molar-refractivity contribution >= 4 is 15.9 Å². The van der Waals surface area contributed by atoms with Crippen LogP contribution in [0.15, 0.2) is 41.0 Å². The van der Waals surface area contributed by atoms with Crippen LogP contribution in [0.2, 0.25) is 0 Å². The fraction of sp³-hybridized carbons (Fsp3) is 0.267. The fourth-order valence-electron chi connectivity index (χ4n) is 1.91. The molecule has 0 unspecified atom stereocenters. The van der Waals surface area contributed by atoms with Crippen molar-refractivity contribution in [1.29, 1.82) is 0 Å². The molecule has 0 radical (unpaired) electrons. The van der Waals surface area contributed by atoms with E-state index in [1.165, 1.54) is 6.07 Å². The van der Waals surface area contributed by atoms with Crippen molar-refractivity contribution in [3.05, 3.63) is 52.1 Å². The molecule has 0 amide bonds. The van der Waals surface area contributed by atoms with Crippen LogP contribution in [0.4, 0.5) is 8.78 Å². The summed E-state index contributed by atoms with van der Waals surface area (Å²) in [6, 6.07) is 8.59. The maximum Gasteiger partial charge on any atom is 0.387 e. The molecule has 118 valence electrons. The van der Waals surface area contributed by atoms with Crippen molar-refractivity contribution in [2.75, 3.05) is 7.11 Å². The number of nitrogens with zero attached hydrogens (tertiary/aromatic N) is 1. The zero-order valence-electron chi connectivity index (χ0n) is 11.9. The van der Waals surface area contributed by atoms with Crippen LogP contribution in [0.3, 0.4) is 0 Å². The van der Waals surface area contributed by atoms with Crippen molar-refractivity contribution in [2.24, 2.45) is 0 Å². The van der Waals surface area contributed by atoms with E-state index in [1.807, 2.05) is 12.1 Å². The maximum atomic E-state index is 12.4. The van der Waals surface area contributed by atoms with E-state index in [-0.39, 0.29) is 5.75 Å². The summed E-state index contributed by atoms with van der Waals surface area (Å²) in [5.41, 5.74) is 1.63. The second-order valence-electron chi connectivity index (χ2n) is 4.44. The molecule has 1 aromatic heterocycles. The highest BCUT2D eigenvalue weighted by molar-refractivity contribution is 9.10. The molecule has 0 fully saturated rings. The molecule has 0 spiro atoms. The van der Waals surface area contributed by atoms with Gasteiger partial charge in [-0.15, -0.1) is 0 Å². The summed E-state index contributed by atoms with van der Waals surface area (Å²) in [7, 11) is 1.55. The van der Waals surface area contributed by atoms with E-state index in [0.29, 0.717) is 24.5 Å². The molecule has 22 heavy (non-hydrogen) atoms. The van der Waals surface area contributed by atoms with E-state index in [0.717, 1.165) is 10.0 Å². The van der Waals surface area contributed by atoms with Crippen LogP contribution < -0.4 is 14.8 Å². The number of ether oxygens (including phenoxy) is 2. The summed E-state index contributed by atoms with van der Waals surface area (Å²) in [5.74, 6) is 0.696. The quantitative estimate of drug-likeness (QED) is 0.803. The molecule has 0 atom stereocenters. The summed E-state index contributed by atoms with van der Waals surface area (Å²) < 4.78 is 35.2. The first-order chi connectivity index (χ1) is 10.6. The lowest BCUT2D eigenvalue weighted by Crippen LogP contribution is -2.14. The Bertz CT molecular complexity index is 626. The van der Waals surface area contributed by atoms with Gasteiger partial charge < -0.3 is 14.8 Å². The Kier molecular flexibility index (Phi) is 6.09. The van der Waals surface area contributed by atoms with Crippen LogP contribution >= 0.6 is 15.9 Å². The highest BCUT2D eigenvalue weighted by atomic mass is 79.9. The molecule has 0 aliphatic rings. The third-order valence-electron chi connectivity index (χ3n) is 2.89. The lowest BCUT2D eigenvalue weighted by Gasteiger charge is -2.12. The number of alkyl halides is 2. The molecule has 4 nitrogen and oxygen atoms in total. The number of hydrogen-bond donors (Lipinski definition) is 1. The summed E-state index contributed by atoms with van der Waals surface area (Å²) in [6.07, 6.45) is 1.65. The summed E-state index contributed by atoms with van der Waals surface area (Å²) >= 11 is 3.32. The first kappa shape index (κ1) is 16.6. The average Bonchev–Trinajstić information content (AvgIpc) is 2.50. The van der Waals surface area contributed by atoms with Gasteiger partial charge in [0.25, 0.3) is 0 Å². The van der Waals surface area contributed by atoms with Gasteiger partial charge >= 0.3 is 6.61 Å². The first-order valence-electron chi connectivity index (χ1n) is 6.51. The highest BCUT2D eigenvalue weighted by Crippen LogP contribution is 2.24. The normalized spacial score (nSPS) is 10.8. The minimum atomic E-state index is -2.84. The van der Waals surface area contributed by atoms with E-state index in [2.05, 4.69) is 31.0 Å². The number of aromatic nitrogens is 1. The third-order valence-corrected chi connectivity index (χ3v) is 3.38. The molecular weight excluding hydrogens is 358 g/mol. The predicted octanol–water partition coefficient (Wildman–Crippen LogP) is 3.74. The van der Waals surface area contributed by atoms with Crippen LogP contribution in [0.5, 0.6) is 11.6 Å². The van der Waals surface area contributed by atoms with Gasteiger partial charge in [-0.2, -0.15) is 8.78 Å². The number of benzene rings is 1. The van der Waals surface area contributed by atoms with Crippen molar-refractivity contribution in [3.63, 3.8) is 0 Å². The molecule has 2 rings (SSSR count). The molecule has 0 bridgehead atoms. The fourth-order valence-corrected chi connectivity index (χ4v) is 2.32. The number of pyridine rings is 1. The van der Waals surface area contributed by atoms with Crippen molar-refractivity contribution in [1.82, 2.24) is 10.3 Å². The highest BCUT2D eigenvalue weighted by Gasteiger charge is 2.10. The number of halogens is 3. The predicted molar refractivity (Wildman–Crippen MR) is 82.1 cm³/mol. The van der Waals surface area contributed by atoms with Gasteiger partial charge in [0.15, 0.2) is 0 Å². The summed E-state index contributed by atoms with van der Waals surface area (Å²) in [6.45, 7) is -1.89. The SMILES string of the molecule is COc1cc(CNCc2cc(Br)ccc2OC(F)F)ccn1. The molecule has 2 aromatic rings. The Morgan fingerprint density at radius 2 is 2.05 bits per heavy atom. The van der Waals surface area contributed by atoms with E-state index >= 15 is 0 Å². The zero-order chi connectivity index (χ0) is 15.9. The molecule has 1 N–H and O–H groups in total. The maximum absolute atomic E-state index is 12.4. The Morgan fingerprint density at radius 3 is 2.77 bits per heavy atom. The van der Waals surface area contributed by atoms with E-state index in [1.54, 1.807) is 25.4 Å². The number of nitrogens with one attached hydrogen (secondary N) is 1.